The lowest BCUT2D eigenvalue weighted by Crippen LogP contribution is -2.05. The predicted molar refractivity (Wildman–Crippen MR) is 275 cm³/mol. The van der Waals surface area contributed by atoms with Crippen molar-refractivity contribution in [3.63, 3.8) is 0 Å². The third-order valence-electron chi connectivity index (χ3n) is 12.5. The first-order valence-corrected chi connectivity index (χ1v) is 22.5. The molecular formula is C62H41N5. The second kappa shape index (κ2) is 17.1. The fourth-order valence-corrected chi connectivity index (χ4v) is 9.35. The van der Waals surface area contributed by atoms with E-state index >= 15 is 0 Å². The summed E-state index contributed by atoms with van der Waals surface area (Å²) in [4.78, 5) is 21.2. The normalized spacial score (nSPS) is 11.3. The molecule has 0 radical (unpaired) electrons. The summed E-state index contributed by atoms with van der Waals surface area (Å²) in [5, 5.41) is 2.33. The van der Waals surface area contributed by atoms with E-state index in [1.165, 1.54) is 10.8 Å². The molecule has 0 N–H and O–H groups in total. The van der Waals surface area contributed by atoms with Crippen molar-refractivity contribution in [3.8, 4) is 95.5 Å². The van der Waals surface area contributed by atoms with Crippen molar-refractivity contribution >= 4 is 21.8 Å². The van der Waals surface area contributed by atoms with Crippen molar-refractivity contribution in [2.24, 2.45) is 0 Å². The van der Waals surface area contributed by atoms with Gasteiger partial charge < -0.3 is 4.57 Å². The first-order valence-electron chi connectivity index (χ1n) is 22.5. The Morgan fingerprint density at radius 3 is 1.16 bits per heavy atom. The molecule has 0 bridgehead atoms. The van der Waals surface area contributed by atoms with Crippen LogP contribution in [0.5, 0.6) is 0 Å². The topological polar surface area (TPSA) is 56.5 Å². The molecule has 0 aliphatic carbocycles. The van der Waals surface area contributed by atoms with Crippen molar-refractivity contribution in [1.29, 1.82) is 0 Å². The molecule has 5 heteroatoms. The van der Waals surface area contributed by atoms with Crippen LogP contribution in [0.1, 0.15) is 0 Å². The van der Waals surface area contributed by atoms with Crippen LogP contribution in [0.2, 0.25) is 0 Å². The van der Waals surface area contributed by atoms with Gasteiger partial charge in [0, 0.05) is 67.7 Å². The number of hydrogen-bond donors (Lipinski definition) is 0. The molecule has 0 amide bonds. The number of hydrogen-bond acceptors (Lipinski definition) is 4. The van der Waals surface area contributed by atoms with Crippen molar-refractivity contribution in [3.05, 3.63) is 249 Å². The number of para-hydroxylation sites is 2. The highest BCUT2D eigenvalue weighted by molar-refractivity contribution is 6.11. The molecule has 0 aliphatic rings. The van der Waals surface area contributed by atoms with Crippen LogP contribution >= 0.6 is 0 Å². The first kappa shape index (κ1) is 39.5. The van der Waals surface area contributed by atoms with Gasteiger partial charge in [0.1, 0.15) is 0 Å². The van der Waals surface area contributed by atoms with Crippen LogP contribution in [0.15, 0.2) is 249 Å². The SMILES string of the molecule is c1ccc(-c2cc(-c3cc(-c4ccccc4-c4cccnc4)c(-n4c5ccccc5c5ccccc54)c(-c4cc(-c5ccccc5)nc(-c5ccccc5)c4)n3)cc(-c3ccccc3)n2)cc1. The lowest BCUT2D eigenvalue weighted by molar-refractivity contribution is 1.15. The van der Waals surface area contributed by atoms with Gasteiger partial charge in [-0.25, -0.2) is 15.0 Å². The van der Waals surface area contributed by atoms with Crippen LogP contribution in [0.25, 0.3) is 117 Å². The summed E-state index contributed by atoms with van der Waals surface area (Å²) in [6.45, 7) is 0. The van der Waals surface area contributed by atoms with Crippen LogP contribution < -0.4 is 0 Å². The lowest BCUT2D eigenvalue weighted by atomic mass is 9.91. The molecule has 67 heavy (non-hydrogen) atoms. The maximum Gasteiger partial charge on any atom is 0.0957 e. The number of benzene rings is 7. The molecule has 5 aromatic heterocycles. The van der Waals surface area contributed by atoms with E-state index in [1.54, 1.807) is 0 Å². The van der Waals surface area contributed by atoms with E-state index in [0.717, 1.165) is 107 Å². The minimum atomic E-state index is 0.812. The second-order valence-corrected chi connectivity index (χ2v) is 16.6. The molecule has 12 aromatic rings. The zero-order valence-electron chi connectivity index (χ0n) is 36.4. The smallest absolute Gasteiger partial charge is 0.0957 e. The summed E-state index contributed by atoms with van der Waals surface area (Å²) in [6.07, 6.45) is 3.78. The van der Waals surface area contributed by atoms with E-state index in [1.807, 2.05) is 42.7 Å². The average Bonchev–Trinajstić information content (AvgIpc) is 3.75. The van der Waals surface area contributed by atoms with Crippen LogP contribution in [-0.2, 0) is 0 Å². The fraction of sp³-hybridized carbons (Fsp3) is 0. The number of rotatable bonds is 9. The summed E-state index contributed by atoms with van der Waals surface area (Å²) in [5.41, 5.74) is 18.3. The van der Waals surface area contributed by atoms with Gasteiger partial charge in [-0.05, 0) is 59.7 Å². The number of nitrogens with zero attached hydrogens (tertiary/aromatic N) is 5. The second-order valence-electron chi connectivity index (χ2n) is 16.6. The van der Waals surface area contributed by atoms with Crippen molar-refractivity contribution in [1.82, 2.24) is 24.5 Å². The van der Waals surface area contributed by atoms with Gasteiger partial charge in [0.15, 0.2) is 0 Å². The van der Waals surface area contributed by atoms with Gasteiger partial charge in [-0.2, -0.15) is 0 Å². The van der Waals surface area contributed by atoms with Crippen LogP contribution in [0.4, 0.5) is 0 Å². The molecule has 0 spiro atoms. The highest BCUT2D eigenvalue weighted by Crippen LogP contribution is 2.46. The Bertz CT molecular complexity index is 3550. The Hall–Kier alpha value is -9.06. The number of pyridine rings is 4. The van der Waals surface area contributed by atoms with Gasteiger partial charge >= 0.3 is 0 Å². The first-order chi connectivity index (χ1) is 33.2. The highest BCUT2D eigenvalue weighted by atomic mass is 15.0. The summed E-state index contributed by atoms with van der Waals surface area (Å²) in [6, 6.07) is 83.0. The van der Waals surface area contributed by atoms with Gasteiger partial charge in [0.05, 0.1) is 50.9 Å². The zero-order valence-corrected chi connectivity index (χ0v) is 36.4. The monoisotopic (exact) mass is 855 g/mol. The standard InChI is InChI=1S/C62H41N5/c1-5-20-42(21-6-1)54-36-47(37-55(64-54)43-22-7-2-8-23-43)58-40-53(50-30-14-13-29-49(50)46-28-19-35-63-41-46)62(67-59-33-17-15-31-51(59)52-32-16-18-34-60(52)67)61(66-58)48-38-56(44-24-9-3-10-25-44)65-57(39-48)45-26-11-4-12-27-45/h1-41H. The maximum absolute atomic E-state index is 5.92. The number of fused-ring (bicyclic) bond motifs is 3. The fourth-order valence-electron chi connectivity index (χ4n) is 9.35. The van der Waals surface area contributed by atoms with Gasteiger partial charge in [-0.3, -0.25) is 4.98 Å². The molecule has 7 aromatic carbocycles. The minimum Gasteiger partial charge on any atom is -0.306 e. The van der Waals surface area contributed by atoms with E-state index in [9.17, 15) is 0 Å². The third kappa shape index (κ3) is 7.44. The molecule has 0 saturated heterocycles. The van der Waals surface area contributed by atoms with Gasteiger partial charge in [-0.1, -0.05) is 188 Å². The predicted octanol–water partition coefficient (Wildman–Crippen LogP) is 15.7. The molecule has 0 aliphatic heterocycles. The van der Waals surface area contributed by atoms with E-state index in [-0.39, 0.29) is 0 Å². The largest absolute Gasteiger partial charge is 0.306 e. The molecular weight excluding hydrogens is 815 g/mol. The quantitative estimate of drug-likeness (QED) is 0.145. The highest BCUT2D eigenvalue weighted by Gasteiger charge is 2.26. The van der Waals surface area contributed by atoms with Crippen LogP contribution in [0, 0.1) is 0 Å². The zero-order chi connectivity index (χ0) is 44.5. The van der Waals surface area contributed by atoms with E-state index in [2.05, 4.69) is 216 Å². The van der Waals surface area contributed by atoms with Crippen molar-refractivity contribution < 1.29 is 0 Å². The molecule has 0 unspecified atom stereocenters. The Morgan fingerprint density at radius 2 is 0.687 bits per heavy atom. The molecule has 5 nitrogen and oxygen atoms in total. The summed E-state index contributed by atoms with van der Waals surface area (Å²) in [5.74, 6) is 0. The van der Waals surface area contributed by atoms with E-state index in [4.69, 9.17) is 15.0 Å². The van der Waals surface area contributed by atoms with Gasteiger partial charge in [0.2, 0.25) is 0 Å². The number of aromatic nitrogens is 5. The van der Waals surface area contributed by atoms with Crippen LogP contribution in [0.3, 0.4) is 0 Å². The minimum absolute atomic E-state index is 0.812. The van der Waals surface area contributed by atoms with Crippen molar-refractivity contribution in [2.75, 3.05) is 0 Å². The summed E-state index contributed by atoms with van der Waals surface area (Å²) < 4.78 is 2.42. The Labute approximate surface area is 389 Å². The average molecular weight is 856 g/mol. The Balaban J connectivity index is 1.26. The molecule has 5 heterocycles. The molecule has 0 saturated carbocycles. The van der Waals surface area contributed by atoms with E-state index < -0.39 is 0 Å². The molecule has 0 atom stereocenters. The van der Waals surface area contributed by atoms with Gasteiger partial charge in [0.25, 0.3) is 0 Å². The van der Waals surface area contributed by atoms with Crippen molar-refractivity contribution in [2.45, 2.75) is 0 Å². The summed E-state index contributed by atoms with van der Waals surface area (Å²) >= 11 is 0. The van der Waals surface area contributed by atoms with Gasteiger partial charge in [-0.15, -0.1) is 0 Å². The van der Waals surface area contributed by atoms with Crippen LogP contribution in [-0.4, -0.2) is 24.5 Å². The third-order valence-corrected chi connectivity index (χ3v) is 12.5. The Morgan fingerprint density at radius 1 is 0.284 bits per heavy atom. The molecule has 12 rings (SSSR count). The van der Waals surface area contributed by atoms with E-state index in [0.29, 0.717) is 0 Å². The Kier molecular flexibility index (Phi) is 10.1. The summed E-state index contributed by atoms with van der Waals surface area (Å²) in [7, 11) is 0. The maximum atomic E-state index is 5.92. The molecule has 314 valence electrons. The lowest BCUT2D eigenvalue weighted by Gasteiger charge is -2.22. The molecule has 0 fully saturated rings.